The summed E-state index contributed by atoms with van der Waals surface area (Å²) < 4.78 is 17.2. The molecule has 12 heteroatoms. The Morgan fingerprint density at radius 1 is 1.12 bits per heavy atom. The predicted molar refractivity (Wildman–Crippen MR) is 162 cm³/mol. The van der Waals surface area contributed by atoms with Gasteiger partial charge in [-0.15, -0.1) is 11.3 Å². The number of hydrazone groups is 1. The lowest BCUT2D eigenvalue weighted by Gasteiger charge is -2.13. The summed E-state index contributed by atoms with van der Waals surface area (Å²) in [6.45, 7) is 2.21. The van der Waals surface area contributed by atoms with Gasteiger partial charge in [-0.3, -0.25) is 9.59 Å². The summed E-state index contributed by atoms with van der Waals surface area (Å²) in [4.78, 5) is 38.9. The van der Waals surface area contributed by atoms with Crippen molar-refractivity contribution in [1.29, 1.82) is 0 Å². The van der Waals surface area contributed by atoms with Crippen molar-refractivity contribution >= 4 is 67.9 Å². The Labute approximate surface area is 255 Å². The number of nitrogens with one attached hydrogen (secondary N) is 2. The number of hydrogen-bond acceptors (Lipinski definition) is 8. The zero-order chi connectivity index (χ0) is 29.4. The maximum absolute atomic E-state index is 12.7. The summed E-state index contributed by atoms with van der Waals surface area (Å²) in [6, 6.07) is 10.8. The highest BCUT2D eigenvalue weighted by molar-refractivity contribution is 9.10. The molecule has 1 heterocycles. The molecule has 3 aromatic rings. The van der Waals surface area contributed by atoms with Crippen molar-refractivity contribution in [3.05, 3.63) is 73.0 Å². The Bertz CT molecular complexity index is 1470. The molecular formula is C29H29BrClN3O6S. The van der Waals surface area contributed by atoms with Gasteiger partial charge in [0, 0.05) is 9.90 Å². The fraction of sp³-hybridized carbons (Fsp3) is 0.310. The maximum Gasteiger partial charge on any atom is 0.341 e. The first-order valence-electron chi connectivity index (χ1n) is 13.0. The average Bonchev–Trinajstić information content (AvgIpc) is 3.12. The van der Waals surface area contributed by atoms with E-state index >= 15 is 0 Å². The quantitative estimate of drug-likeness (QED) is 0.0916. The molecule has 2 N–H and O–H groups in total. The van der Waals surface area contributed by atoms with Crippen molar-refractivity contribution < 1.29 is 28.6 Å². The van der Waals surface area contributed by atoms with Crippen LogP contribution in [0.4, 0.5) is 5.00 Å². The number of fused-ring (bicyclic) bond motifs is 1. The number of ether oxygens (including phenoxy) is 3. The standard InChI is InChI=1S/C29H29BrClN3O6S/c1-3-39-29(37)24-20-10-5-4-6-11-23(20)41-28(24)33-26(35)27(36)34-32-15-18-13-21(30)25(22(14-18)38-2)40-16-17-8-7-9-19(31)12-17/h7-9,12-15H,3-6,10-11,16H2,1-2H3,(H,33,35)(H,34,36)/b32-15+. The number of aryl methyl sites for hydroxylation is 1. The smallest absolute Gasteiger partial charge is 0.341 e. The van der Waals surface area contributed by atoms with Crippen molar-refractivity contribution in [2.24, 2.45) is 5.10 Å². The van der Waals surface area contributed by atoms with Gasteiger partial charge in [0.1, 0.15) is 11.6 Å². The van der Waals surface area contributed by atoms with E-state index < -0.39 is 17.8 Å². The van der Waals surface area contributed by atoms with Crippen LogP contribution in [0.15, 0.2) is 46.0 Å². The SMILES string of the molecule is CCOC(=O)c1c(NC(=O)C(=O)N/N=C/c2cc(Br)c(OCc3cccc(Cl)c3)c(OC)c2)sc2c1CCCCC2. The first-order chi connectivity index (χ1) is 19.8. The van der Waals surface area contributed by atoms with E-state index in [0.29, 0.717) is 37.1 Å². The van der Waals surface area contributed by atoms with Crippen molar-refractivity contribution in [3.63, 3.8) is 0 Å². The third kappa shape index (κ3) is 7.87. The second kappa shape index (κ2) is 14.5. The molecule has 2 aromatic carbocycles. The van der Waals surface area contributed by atoms with Gasteiger partial charge in [0.2, 0.25) is 0 Å². The summed E-state index contributed by atoms with van der Waals surface area (Å²) in [7, 11) is 1.51. The maximum atomic E-state index is 12.7. The molecule has 2 amide bonds. The van der Waals surface area contributed by atoms with Crippen LogP contribution in [0.5, 0.6) is 11.5 Å². The minimum absolute atomic E-state index is 0.210. The Balaban J connectivity index is 1.41. The lowest BCUT2D eigenvalue weighted by atomic mass is 10.1. The van der Waals surface area contributed by atoms with E-state index in [9.17, 15) is 14.4 Å². The number of carbonyl (C=O) groups is 3. The number of nitrogens with zero attached hydrogens (tertiary/aromatic N) is 1. The molecule has 0 saturated heterocycles. The van der Waals surface area contributed by atoms with Crippen LogP contribution in [0.25, 0.3) is 0 Å². The van der Waals surface area contributed by atoms with Gasteiger partial charge in [-0.05, 0) is 89.5 Å². The first-order valence-corrected chi connectivity index (χ1v) is 15.0. The summed E-state index contributed by atoms with van der Waals surface area (Å²) >= 11 is 10.9. The minimum atomic E-state index is -0.979. The Morgan fingerprint density at radius 3 is 2.68 bits per heavy atom. The number of benzene rings is 2. The zero-order valence-corrected chi connectivity index (χ0v) is 25.7. The van der Waals surface area contributed by atoms with Gasteiger partial charge in [0.15, 0.2) is 11.5 Å². The molecule has 0 aliphatic heterocycles. The van der Waals surface area contributed by atoms with Crippen LogP contribution in [0.1, 0.15) is 58.1 Å². The number of carbonyl (C=O) groups excluding carboxylic acids is 3. The van der Waals surface area contributed by atoms with Gasteiger partial charge in [-0.1, -0.05) is 30.2 Å². The highest BCUT2D eigenvalue weighted by Crippen LogP contribution is 2.38. The van der Waals surface area contributed by atoms with Crippen LogP contribution in [0, 0.1) is 0 Å². The van der Waals surface area contributed by atoms with Crippen molar-refractivity contribution in [2.75, 3.05) is 19.0 Å². The van der Waals surface area contributed by atoms with Crippen LogP contribution >= 0.6 is 38.9 Å². The molecule has 0 radical (unpaired) electrons. The fourth-order valence-corrected chi connectivity index (χ4v) is 6.42. The molecule has 216 valence electrons. The Kier molecular flexibility index (Phi) is 10.8. The largest absolute Gasteiger partial charge is 0.493 e. The summed E-state index contributed by atoms with van der Waals surface area (Å²) in [5.41, 5.74) is 4.94. The molecule has 0 atom stereocenters. The third-order valence-electron chi connectivity index (χ3n) is 6.24. The highest BCUT2D eigenvalue weighted by Gasteiger charge is 2.28. The number of hydrogen-bond donors (Lipinski definition) is 2. The normalized spacial score (nSPS) is 12.8. The van der Waals surface area contributed by atoms with Crippen molar-refractivity contribution in [2.45, 2.75) is 45.6 Å². The van der Waals surface area contributed by atoms with E-state index in [0.717, 1.165) is 48.1 Å². The number of methoxy groups -OCH3 is 1. The van der Waals surface area contributed by atoms with Gasteiger partial charge in [0.05, 0.1) is 30.0 Å². The van der Waals surface area contributed by atoms with E-state index in [-0.39, 0.29) is 13.2 Å². The van der Waals surface area contributed by atoms with Crippen LogP contribution in [0.3, 0.4) is 0 Å². The van der Waals surface area contributed by atoms with E-state index in [1.165, 1.54) is 24.7 Å². The molecule has 9 nitrogen and oxygen atoms in total. The topological polar surface area (TPSA) is 115 Å². The van der Waals surface area contributed by atoms with E-state index in [1.807, 2.05) is 18.2 Å². The molecule has 4 rings (SSSR count). The minimum Gasteiger partial charge on any atom is -0.493 e. The Hall–Kier alpha value is -3.41. The molecule has 0 fully saturated rings. The van der Waals surface area contributed by atoms with Crippen LogP contribution < -0.4 is 20.2 Å². The summed E-state index contributed by atoms with van der Waals surface area (Å²) in [5.74, 6) is -1.49. The second-order valence-electron chi connectivity index (χ2n) is 9.10. The van der Waals surface area contributed by atoms with Gasteiger partial charge in [-0.2, -0.15) is 5.10 Å². The van der Waals surface area contributed by atoms with E-state index in [4.69, 9.17) is 25.8 Å². The number of rotatable bonds is 9. The van der Waals surface area contributed by atoms with Crippen molar-refractivity contribution in [1.82, 2.24) is 5.43 Å². The van der Waals surface area contributed by atoms with Crippen LogP contribution in [-0.4, -0.2) is 37.7 Å². The predicted octanol–water partition coefficient (Wildman–Crippen LogP) is 6.29. The molecule has 0 unspecified atom stereocenters. The number of esters is 1. The summed E-state index contributed by atoms with van der Waals surface area (Å²) in [6.07, 6.45) is 5.96. The van der Waals surface area contributed by atoms with Gasteiger partial charge in [-0.25, -0.2) is 10.2 Å². The van der Waals surface area contributed by atoms with Gasteiger partial charge >= 0.3 is 17.8 Å². The fourth-order valence-electron chi connectivity index (χ4n) is 4.36. The van der Waals surface area contributed by atoms with Crippen LogP contribution in [0.2, 0.25) is 5.02 Å². The number of anilines is 1. The first kappa shape index (κ1) is 30.5. The molecule has 0 saturated carbocycles. The monoisotopic (exact) mass is 661 g/mol. The van der Waals surface area contributed by atoms with Gasteiger partial charge in [0.25, 0.3) is 0 Å². The average molecular weight is 663 g/mol. The van der Waals surface area contributed by atoms with E-state index in [2.05, 4.69) is 31.8 Å². The summed E-state index contributed by atoms with van der Waals surface area (Å²) in [5, 5.41) is 7.43. The molecule has 1 aromatic heterocycles. The Morgan fingerprint density at radius 2 is 1.93 bits per heavy atom. The molecule has 41 heavy (non-hydrogen) atoms. The molecule has 1 aliphatic rings. The number of amides is 2. The number of thiophene rings is 1. The highest BCUT2D eigenvalue weighted by atomic mass is 79.9. The molecule has 0 spiro atoms. The van der Waals surface area contributed by atoms with Gasteiger partial charge < -0.3 is 19.5 Å². The van der Waals surface area contributed by atoms with E-state index in [1.54, 1.807) is 25.1 Å². The lowest BCUT2D eigenvalue weighted by Crippen LogP contribution is -2.32. The second-order valence-corrected chi connectivity index (χ2v) is 11.5. The number of halogens is 2. The lowest BCUT2D eigenvalue weighted by molar-refractivity contribution is -0.136. The molecular weight excluding hydrogens is 634 g/mol. The van der Waals surface area contributed by atoms with Crippen molar-refractivity contribution in [3.8, 4) is 11.5 Å². The molecule has 0 bridgehead atoms. The van der Waals surface area contributed by atoms with Crippen LogP contribution in [-0.2, 0) is 33.8 Å². The zero-order valence-electron chi connectivity index (χ0n) is 22.6. The third-order valence-corrected chi connectivity index (χ3v) is 8.27. The molecule has 1 aliphatic carbocycles.